The van der Waals surface area contributed by atoms with Gasteiger partial charge in [0.05, 0.1) is 11.8 Å². The zero-order valence-electron chi connectivity index (χ0n) is 21.9. The Bertz CT molecular complexity index is 1340. The normalized spacial score (nSPS) is 18.7. The Morgan fingerprint density at radius 3 is 2.19 bits per heavy atom. The van der Waals surface area contributed by atoms with Gasteiger partial charge in [-0.2, -0.15) is 4.58 Å². The van der Waals surface area contributed by atoms with E-state index in [9.17, 15) is 19.8 Å². The number of hydrogen-bond donors (Lipinski definition) is 2. The predicted octanol–water partition coefficient (Wildman–Crippen LogP) is 5.81. The number of carbonyl (C=O) groups is 2. The maximum absolute atomic E-state index is 11.3. The monoisotopic (exact) mass is 499 g/mol. The SMILES string of the molecule is CC1(C)C(=CC=CC=CC2=[N+](CCC(=O)O)c3ccccc3C2(C)C)N(CCC(=O)O)c2ccccc21. The molecule has 0 aromatic heterocycles. The molecule has 2 heterocycles. The first-order valence-electron chi connectivity index (χ1n) is 12.7. The second-order valence-corrected chi connectivity index (χ2v) is 10.6. The smallest absolute Gasteiger partial charge is 0.309 e. The lowest BCUT2D eigenvalue weighted by Crippen LogP contribution is -2.28. The van der Waals surface area contributed by atoms with Crippen LogP contribution >= 0.6 is 0 Å². The molecule has 2 N–H and O–H groups in total. The van der Waals surface area contributed by atoms with Gasteiger partial charge in [-0.05, 0) is 31.6 Å². The highest BCUT2D eigenvalue weighted by Gasteiger charge is 2.44. The summed E-state index contributed by atoms with van der Waals surface area (Å²) in [5, 5.41) is 18.6. The van der Waals surface area contributed by atoms with E-state index in [4.69, 9.17) is 0 Å². The highest BCUT2D eigenvalue weighted by molar-refractivity contribution is 6.03. The summed E-state index contributed by atoms with van der Waals surface area (Å²) in [4.78, 5) is 24.7. The topological polar surface area (TPSA) is 80.9 Å². The Morgan fingerprint density at radius 2 is 1.49 bits per heavy atom. The molecule has 0 radical (unpaired) electrons. The van der Waals surface area contributed by atoms with Gasteiger partial charge in [0.25, 0.3) is 0 Å². The van der Waals surface area contributed by atoms with Crippen molar-refractivity contribution in [2.75, 3.05) is 18.0 Å². The zero-order chi connectivity index (χ0) is 26.8. The van der Waals surface area contributed by atoms with Gasteiger partial charge in [-0.3, -0.25) is 9.59 Å². The van der Waals surface area contributed by atoms with Crippen molar-refractivity contribution in [3.05, 3.63) is 95.7 Å². The van der Waals surface area contributed by atoms with Gasteiger partial charge in [-0.1, -0.05) is 68.5 Å². The molecule has 0 unspecified atom stereocenters. The van der Waals surface area contributed by atoms with Crippen molar-refractivity contribution in [3.63, 3.8) is 0 Å². The lowest BCUT2D eigenvalue weighted by molar-refractivity contribution is -0.436. The lowest BCUT2D eigenvalue weighted by atomic mass is 9.81. The van der Waals surface area contributed by atoms with Crippen molar-refractivity contribution in [1.82, 2.24) is 0 Å². The molecule has 192 valence electrons. The first kappa shape index (κ1) is 26.1. The van der Waals surface area contributed by atoms with Crippen molar-refractivity contribution < 1.29 is 24.4 Å². The highest BCUT2D eigenvalue weighted by Crippen LogP contribution is 2.47. The highest BCUT2D eigenvalue weighted by atomic mass is 16.4. The molecule has 0 saturated heterocycles. The molecular weight excluding hydrogens is 464 g/mol. The van der Waals surface area contributed by atoms with Gasteiger partial charge in [0.2, 0.25) is 5.69 Å². The minimum Gasteiger partial charge on any atom is -0.481 e. The molecule has 6 heteroatoms. The quantitative estimate of drug-likeness (QED) is 0.336. The van der Waals surface area contributed by atoms with E-state index in [-0.39, 0.29) is 23.7 Å². The lowest BCUT2D eigenvalue weighted by Gasteiger charge is -2.26. The summed E-state index contributed by atoms with van der Waals surface area (Å²) >= 11 is 0. The number of carboxylic acid groups (broad SMARTS) is 2. The maximum atomic E-state index is 11.3. The van der Waals surface area contributed by atoms with Gasteiger partial charge in [0.15, 0.2) is 12.3 Å². The standard InChI is InChI=1S/C31H34N2O4/c1-30(2)22-12-8-10-14-24(22)32(20-18-28(34)35)26(30)16-6-5-7-17-27-31(3,4)23-13-9-11-15-25(23)33(27)21-19-29(36)37/h5-17H,18-21H2,1-4H3,(H-,34,35,36,37)/p+1. The summed E-state index contributed by atoms with van der Waals surface area (Å²) in [5.74, 6) is -1.63. The van der Waals surface area contributed by atoms with Crippen LogP contribution in [0, 0.1) is 0 Å². The van der Waals surface area contributed by atoms with Gasteiger partial charge >= 0.3 is 11.9 Å². The van der Waals surface area contributed by atoms with Crippen LogP contribution in [0.5, 0.6) is 0 Å². The Labute approximate surface area is 218 Å². The summed E-state index contributed by atoms with van der Waals surface area (Å²) in [6.07, 6.45) is 10.2. The van der Waals surface area contributed by atoms with Gasteiger partial charge in [0, 0.05) is 41.1 Å². The van der Waals surface area contributed by atoms with Gasteiger partial charge < -0.3 is 15.1 Å². The first-order valence-corrected chi connectivity index (χ1v) is 12.7. The van der Waals surface area contributed by atoms with Crippen LogP contribution in [-0.4, -0.2) is 45.5 Å². The number of hydrogen-bond acceptors (Lipinski definition) is 3. The zero-order valence-corrected chi connectivity index (χ0v) is 21.9. The fourth-order valence-electron chi connectivity index (χ4n) is 5.54. The Hall–Kier alpha value is -3.93. The van der Waals surface area contributed by atoms with Crippen LogP contribution in [-0.2, 0) is 20.4 Å². The van der Waals surface area contributed by atoms with E-state index < -0.39 is 11.9 Å². The molecule has 2 aromatic carbocycles. The van der Waals surface area contributed by atoms with E-state index in [1.807, 2.05) is 54.6 Å². The Morgan fingerprint density at radius 1 is 0.838 bits per heavy atom. The summed E-state index contributed by atoms with van der Waals surface area (Å²) in [5.41, 5.74) is 6.10. The Kier molecular flexibility index (Phi) is 7.21. The van der Waals surface area contributed by atoms with Crippen LogP contribution in [0.1, 0.15) is 51.7 Å². The fraction of sp³-hybridized carbons (Fsp3) is 0.323. The number of aliphatic carboxylic acids is 2. The van der Waals surface area contributed by atoms with Crippen LogP contribution in [0.2, 0.25) is 0 Å². The van der Waals surface area contributed by atoms with Gasteiger partial charge in [-0.25, -0.2) is 0 Å². The second kappa shape index (κ2) is 10.2. The van der Waals surface area contributed by atoms with Crippen LogP contribution in [0.3, 0.4) is 0 Å². The van der Waals surface area contributed by atoms with Crippen molar-refractivity contribution in [3.8, 4) is 0 Å². The van der Waals surface area contributed by atoms with Crippen molar-refractivity contribution in [2.24, 2.45) is 0 Å². The maximum Gasteiger partial charge on any atom is 0.309 e. The van der Waals surface area contributed by atoms with Crippen molar-refractivity contribution in [2.45, 2.75) is 51.4 Å². The number of allylic oxidation sites excluding steroid dienone is 6. The second-order valence-electron chi connectivity index (χ2n) is 10.6. The summed E-state index contributed by atoms with van der Waals surface area (Å²) < 4.78 is 2.11. The van der Waals surface area contributed by atoms with E-state index in [1.165, 1.54) is 11.1 Å². The Balaban J connectivity index is 1.63. The van der Waals surface area contributed by atoms with Gasteiger partial charge in [0.1, 0.15) is 6.42 Å². The molecule has 0 aliphatic carbocycles. The minimum absolute atomic E-state index is 0.0610. The third kappa shape index (κ3) is 5.01. The molecule has 0 amide bonds. The molecule has 2 aliphatic heterocycles. The number of fused-ring (bicyclic) bond motifs is 2. The van der Waals surface area contributed by atoms with Gasteiger partial charge in [-0.15, -0.1) is 0 Å². The predicted molar refractivity (Wildman–Crippen MR) is 147 cm³/mol. The largest absolute Gasteiger partial charge is 0.481 e. The number of rotatable bonds is 9. The van der Waals surface area contributed by atoms with E-state index in [0.29, 0.717) is 13.1 Å². The molecule has 0 bridgehead atoms. The number of para-hydroxylation sites is 2. The van der Waals surface area contributed by atoms with Crippen molar-refractivity contribution in [1.29, 1.82) is 0 Å². The summed E-state index contributed by atoms with van der Waals surface area (Å²) in [7, 11) is 0. The fourth-order valence-corrected chi connectivity index (χ4v) is 5.54. The average molecular weight is 500 g/mol. The molecule has 6 nitrogen and oxygen atoms in total. The van der Waals surface area contributed by atoms with E-state index in [2.05, 4.69) is 61.5 Å². The molecule has 2 aliphatic rings. The molecule has 0 spiro atoms. The van der Waals surface area contributed by atoms with Crippen LogP contribution < -0.4 is 4.90 Å². The molecule has 37 heavy (non-hydrogen) atoms. The molecule has 2 aromatic rings. The minimum atomic E-state index is -0.815. The number of nitrogens with zero attached hydrogens (tertiary/aromatic N) is 2. The first-order chi connectivity index (χ1) is 17.5. The number of benzene rings is 2. The van der Waals surface area contributed by atoms with E-state index in [1.54, 1.807) is 0 Å². The number of carboxylic acids is 2. The molecular formula is C31H35N2O4+. The number of anilines is 1. The van der Waals surface area contributed by atoms with E-state index in [0.717, 1.165) is 22.8 Å². The molecule has 0 saturated carbocycles. The molecule has 0 fully saturated rings. The van der Waals surface area contributed by atoms with E-state index >= 15 is 0 Å². The van der Waals surface area contributed by atoms with Crippen molar-refractivity contribution >= 4 is 29.0 Å². The van der Waals surface area contributed by atoms with Crippen LogP contribution in [0.15, 0.2) is 84.6 Å². The third-order valence-electron chi connectivity index (χ3n) is 7.43. The summed E-state index contributed by atoms with van der Waals surface area (Å²) in [6.45, 7) is 9.47. The summed E-state index contributed by atoms with van der Waals surface area (Å²) in [6, 6.07) is 16.3. The third-order valence-corrected chi connectivity index (χ3v) is 7.43. The average Bonchev–Trinajstić information content (AvgIpc) is 3.20. The molecule has 4 rings (SSSR count). The van der Waals surface area contributed by atoms with Crippen LogP contribution in [0.25, 0.3) is 0 Å². The molecule has 0 atom stereocenters. The van der Waals surface area contributed by atoms with Crippen LogP contribution in [0.4, 0.5) is 11.4 Å².